The number of hydrogen-bond donors (Lipinski definition) is 0. The number of hydrogen-bond acceptors (Lipinski definition) is 3. The molecule has 4 rings (SSSR count). The zero-order valence-corrected chi connectivity index (χ0v) is 18.7. The minimum Gasteiger partial charge on any atom is -0.302 e. The topological polar surface area (TPSA) is 24.3 Å². The lowest BCUT2D eigenvalue weighted by Crippen LogP contribution is -2.28. The van der Waals surface area contributed by atoms with Crippen LogP contribution in [0.15, 0.2) is 60.7 Å². The Hall–Kier alpha value is -2.14. The van der Waals surface area contributed by atoms with Crippen molar-refractivity contribution in [2.24, 2.45) is 5.92 Å². The summed E-state index contributed by atoms with van der Waals surface area (Å²) in [5.74, 6) is 0.706. The second-order valence-electron chi connectivity index (χ2n) is 8.57. The fourth-order valence-electron chi connectivity index (χ4n) is 4.45. The first-order chi connectivity index (χ1) is 14.6. The lowest BCUT2D eigenvalue weighted by molar-refractivity contribution is 0.254. The van der Waals surface area contributed by atoms with Gasteiger partial charge >= 0.3 is 0 Å². The first-order valence-corrected chi connectivity index (χ1v) is 11.2. The molecule has 0 saturated carbocycles. The van der Waals surface area contributed by atoms with E-state index in [1.807, 2.05) is 10.7 Å². The maximum atomic E-state index is 6.72. The van der Waals surface area contributed by atoms with Crippen molar-refractivity contribution < 1.29 is 0 Å². The molecule has 1 aromatic heterocycles. The molecule has 1 fully saturated rings. The van der Waals surface area contributed by atoms with E-state index in [0.29, 0.717) is 12.5 Å². The molecule has 0 bridgehead atoms. The van der Waals surface area contributed by atoms with Crippen molar-refractivity contribution in [3.05, 3.63) is 88.2 Å². The van der Waals surface area contributed by atoms with Crippen molar-refractivity contribution in [3.8, 4) is 0 Å². The molecule has 1 aliphatic heterocycles. The highest BCUT2D eigenvalue weighted by atomic mass is 35.5. The SMILES string of the molecule is Cc1nn(Cc2ccccc2)c(Cl)c1CN(C)CC1CCN(Cc2ccccc2)C1. The molecule has 0 amide bonds. The predicted octanol–water partition coefficient (Wildman–Crippen LogP) is 4.85. The fourth-order valence-corrected chi connectivity index (χ4v) is 4.75. The summed E-state index contributed by atoms with van der Waals surface area (Å²) < 4.78 is 1.92. The van der Waals surface area contributed by atoms with E-state index in [-0.39, 0.29) is 0 Å². The number of likely N-dealkylation sites (tertiary alicyclic amines) is 1. The molecule has 0 spiro atoms. The predicted molar refractivity (Wildman–Crippen MR) is 124 cm³/mol. The Morgan fingerprint density at radius 1 is 1.00 bits per heavy atom. The number of nitrogens with zero attached hydrogens (tertiary/aromatic N) is 4. The van der Waals surface area contributed by atoms with Gasteiger partial charge < -0.3 is 4.90 Å². The molecular weight excluding hydrogens is 392 g/mol. The van der Waals surface area contributed by atoms with Gasteiger partial charge in [-0.15, -0.1) is 0 Å². The van der Waals surface area contributed by atoms with Crippen LogP contribution in [-0.2, 0) is 19.6 Å². The molecule has 0 N–H and O–H groups in total. The molecule has 1 unspecified atom stereocenters. The van der Waals surface area contributed by atoms with Crippen molar-refractivity contribution in [2.75, 3.05) is 26.7 Å². The summed E-state index contributed by atoms with van der Waals surface area (Å²) in [4.78, 5) is 4.98. The highest BCUT2D eigenvalue weighted by molar-refractivity contribution is 6.30. The average molecular weight is 423 g/mol. The Morgan fingerprint density at radius 2 is 1.63 bits per heavy atom. The molecule has 4 nitrogen and oxygen atoms in total. The van der Waals surface area contributed by atoms with Gasteiger partial charge in [-0.2, -0.15) is 5.10 Å². The van der Waals surface area contributed by atoms with Crippen LogP contribution < -0.4 is 0 Å². The van der Waals surface area contributed by atoms with Crippen LogP contribution in [0.5, 0.6) is 0 Å². The molecule has 3 aromatic rings. The molecule has 1 atom stereocenters. The van der Waals surface area contributed by atoms with Gasteiger partial charge in [0.05, 0.1) is 12.2 Å². The molecule has 0 radical (unpaired) electrons. The van der Waals surface area contributed by atoms with E-state index in [0.717, 1.165) is 36.0 Å². The normalized spacial score (nSPS) is 17.1. The first kappa shape index (κ1) is 21.1. The highest BCUT2D eigenvalue weighted by Crippen LogP contribution is 2.24. The van der Waals surface area contributed by atoms with Gasteiger partial charge in [0.25, 0.3) is 0 Å². The van der Waals surface area contributed by atoms with Gasteiger partial charge in [-0.05, 0) is 44.0 Å². The number of aryl methyl sites for hydroxylation is 1. The van der Waals surface area contributed by atoms with E-state index >= 15 is 0 Å². The van der Waals surface area contributed by atoms with E-state index < -0.39 is 0 Å². The minimum atomic E-state index is 0.706. The standard InChI is InChI=1S/C25H31ClN4/c1-20-24(25(26)30(27-20)18-22-11-7-4-8-12-22)19-28(2)15-23-13-14-29(17-23)16-21-9-5-3-6-10-21/h3-12,23H,13-19H2,1-2H3. The summed E-state index contributed by atoms with van der Waals surface area (Å²) in [7, 11) is 2.20. The summed E-state index contributed by atoms with van der Waals surface area (Å²) in [5, 5.41) is 5.46. The quantitative estimate of drug-likeness (QED) is 0.518. The van der Waals surface area contributed by atoms with Crippen molar-refractivity contribution in [1.82, 2.24) is 19.6 Å². The molecule has 2 heterocycles. The van der Waals surface area contributed by atoms with Crippen LogP contribution in [0.1, 0.15) is 28.8 Å². The van der Waals surface area contributed by atoms with E-state index in [2.05, 4.69) is 78.4 Å². The van der Waals surface area contributed by atoms with Crippen LogP contribution in [0.25, 0.3) is 0 Å². The lowest BCUT2D eigenvalue weighted by Gasteiger charge is -2.21. The number of rotatable bonds is 8. The van der Waals surface area contributed by atoms with Crippen LogP contribution in [0.3, 0.4) is 0 Å². The van der Waals surface area contributed by atoms with Crippen molar-refractivity contribution in [2.45, 2.75) is 33.0 Å². The third kappa shape index (κ3) is 5.31. The molecule has 158 valence electrons. The van der Waals surface area contributed by atoms with Gasteiger partial charge in [-0.1, -0.05) is 72.3 Å². The second-order valence-corrected chi connectivity index (χ2v) is 8.93. The number of benzene rings is 2. The number of aromatic nitrogens is 2. The van der Waals surface area contributed by atoms with Crippen LogP contribution in [0.4, 0.5) is 0 Å². The summed E-state index contributed by atoms with van der Waals surface area (Å²) in [6.45, 7) is 8.11. The van der Waals surface area contributed by atoms with Gasteiger partial charge in [-0.25, -0.2) is 4.68 Å². The van der Waals surface area contributed by atoms with Crippen LogP contribution >= 0.6 is 11.6 Å². The largest absolute Gasteiger partial charge is 0.302 e. The van der Waals surface area contributed by atoms with Crippen molar-refractivity contribution in [1.29, 1.82) is 0 Å². The van der Waals surface area contributed by atoms with Gasteiger partial charge in [0.2, 0.25) is 0 Å². The second kappa shape index (κ2) is 9.78. The molecule has 1 aliphatic rings. The Kier molecular flexibility index (Phi) is 6.88. The molecule has 1 saturated heterocycles. The Morgan fingerprint density at radius 3 is 2.30 bits per heavy atom. The zero-order valence-electron chi connectivity index (χ0n) is 18.0. The molecular formula is C25H31ClN4. The van der Waals surface area contributed by atoms with Gasteiger partial charge in [0, 0.05) is 31.7 Å². The minimum absolute atomic E-state index is 0.706. The first-order valence-electron chi connectivity index (χ1n) is 10.8. The summed E-state index contributed by atoms with van der Waals surface area (Å²) in [6.07, 6.45) is 1.26. The summed E-state index contributed by atoms with van der Waals surface area (Å²) in [6, 6.07) is 21.1. The van der Waals surface area contributed by atoms with Gasteiger partial charge in [-0.3, -0.25) is 4.90 Å². The average Bonchev–Trinajstić information content (AvgIpc) is 3.28. The number of halogens is 1. The Balaban J connectivity index is 1.31. The van der Waals surface area contributed by atoms with Crippen LogP contribution in [-0.4, -0.2) is 46.3 Å². The zero-order chi connectivity index (χ0) is 20.9. The Bertz CT molecular complexity index is 939. The monoisotopic (exact) mass is 422 g/mol. The van der Waals surface area contributed by atoms with Gasteiger partial charge in [0.1, 0.15) is 5.15 Å². The van der Waals surface area contributed by atoms with Crippen LogP contribution in [0, 0.1) is 12.8 Å². The van der Waals surface area contributed by atoms with E-state index in [1.54, 1.807) is 0 Å². The summed E-state index contributed by atoms with van der Waals surface area (Å²) in [5.41, 5.74) is 4.79. The van der Waals surface area contributed by atoms with Crippen molar-refractivity contribution in [3.63, 3.8) is 0 Å². The molecule has 30 heavy (non-hydrogen) atoms. The fraction of sp³-hybridized carbons (Fsp3) is 0.400. The van der Waals surface area contributed by atoms with Crippen molar-refractivity contribution >= 4 is 11.6 Å². The smallest absolute Gasteiger partial charge is 0.132 e. The third-order valence-corrected chi connectivity index (χ3v) is 6.40. The maximum Gasteiger partial charge on any atom is 0.132 e. The van der Waals surface area contributed by atoms with E-state index in [9.17, 15) is 0 Å². The van der Waals surface area contributed by atoms with E-state index in [4.69, 9.17) is 16.7 Å². The maximum absolute atomic E-state index is 6.72. The van der Waals surface area contributed by atoms with E-state index in [1.165, 1.54) is 30.6 Å². The highest BCUT2D eigenvalue weighted by Gasteiger charge is 2.24. The van der Waals surface area contributed by atoms with Crippen LogP contribution in [0.2, 0.25) is 5.15 Å². The Labute approximate surface area is 185 Å². The molecule has 0 aliphatic carbocycles. The van der Waals surface area contributed by atoms with Gasteiger partial charge in [0.15, 0.2) is 0 Å². The summed E-state index contributed by atoms with van der Waals surface area (Å²) >= 11 is 6.72. The molecule has 2 aromatic carbocycles. The third-order valence-electron chi connectivity index (χ3n) is 5.98. The molecule has 5 heteroatoms. The lowest BCUT2D eigenvalue weighted by atomic mass is 10.1.